The number of fused-ring (bicyclic) bond motifs is 1. The third-order valence-corrected chi connectivity index (χ3v) is 4.46. The Balaban J connectivity index is 1.82. The Morgan fingerprint density at radius 1 is 1.26 bits per heavy atom. The van der Waals surface area contributed by atoms with Gasteiger partial charge in [0.25, 0.3) is 5.91 Å². The van der Waals surface area contributed by atoms with Crippen LogP contribution in [-0.2, 0) is 6.42 Å². The van der Waals surface area contributed by atoms with Crippen molar-refractivity contribution in [3.05, 3.63) is 58.7 Å². The predicted octanol–water partition coefficient (Wildman–Crippen LogP) is 3.39. The van der Waals surface area contributed by atoms with Gasteiger partial charge >= 0.3 is 0 Å². The molecule has 0 spiro atoms. The highest BCUT2D eigenvalue weighted by atomic mass is 16.5. The summed E-state index contributed by atoms with van der Waals surface area (Å²) in [6.45, 7) is 1.96. The maximum absolute atomic E-state index is 12.6. The van der Waals surface area contributed by atoms with Gasteiger partial charge in [-0.3, -0.25) is 4.79 Å². The summed E-state index contributed by atoms with van der Waals surface area (Å²) in [5.74, 6) is 0.660. The molecule has 0 aromatic heterocycles. The van der Waals surface area contributed by atoms with Crippen LogP contribution < -0.4 is 15.8 Å². The first-order valence-electron chi connectivity index (χ1n) is 7.92. The molecule has 1 aliphatic rings. The number of methoxy groups -OCH3 is 1. The summed E-state index contributed by atoms with van der Waals surface area (Å²) in [5, 5.41) is 3.15. The van der Waals surface area contributed by atoms with Gasteiger partial charge in [-0.2, -0.15) is 0 Å². The lowest BCUT2D eigenvalue weighted by Crippen LogP contribution is -2.31. The Morgan fingerprint density at radius 3 is 2.87 bits per heavy atom. The Bertz CT molecular complexity index is 740. The molecule has 2 aromatic carbocycles. The van der Waals surface area contributed by atoms with Gasteiger partial charge in [-0.1, -0.05) is 12.1 Å². The summed E-state index contributed by atoms with van der Waals surface area (Å²) >= 11 is 0. The zero-order valence-electron chi connectivity index (χ0n) is 13.6. The molecule has 4 heteroatoms. The zero-order valence-corrected chi connectivity index (χ0v) is 13.6. The van der Waals surface area contributed by atoms with E-state index in [1.54, 1.807) is 13.2 Å². The van der Waals surface area contributed by atoms with Crippen molar-refractivity contribution in [1.82, 2.24) is 5.32 Å². The molecule has 120 valence electrons. The van der Waals surface area contributed by atoms with Crippen LogP contribution in [-0.4, -0.2) is 13.0 Å². The van der Waals surface area contributed by atoms with Crippen LogP contribution in [0.4, 0.5) is 5.69 Å². The molecule has 1 aliphatic carbocycles. The molecule has 0 saturated carbocycles. The Morgan fingerprint density at radius 2 is 2.09 bits per heavy atom. The standard InChI is InChI=1S/C19H22N2O2/c1-12-6-7-14(11-18(12)23-2)19(22)21-17-5-3-4-13-10-15(20)8-9-16(13)17/h6-11,17H,3-5,20H2,1-2H3,(H,21,22). The van der Waals surface area contributed by atoms with Gasteiger partial charge in [0.2, 0.25) is 0 Å². The lowest BCUT2D eigenvalue weighted by Gasteiger charge is -2.26. The van der Waals surface area contributed by atoms with Gasteiger partial charge in [-0.05, 0) is 67.1 Å². The van der Waals surface area contributed by atoms with Crippen LogP contribution in [0.15, 0.2) is 36.4 Å². The van der Waals surface area contributed by atoms with E-state index in [2.05, 4.69) is 5.32 Å². The van der Waals surface area contributed by atoms with Gasteiger partial charge in [0, 0.05) is 11.3 Å². The smallest absolute Gasteiger partial charge is 0.251 e. The first-order chi connectivity index (χ1) is 11.1. The highest BCUT2D eigenvalue weighted by Gasteiger charge is 2.22. The van der Waals surface area contributed by atoms with E-state index >= 15 is 0 Å². The number of hydrogen-bond acceptors (Lipinski definition) is 3. The third-order valence-electron chi connectivity index (χ3n) is 4.46. The topological polar surface area (TPSA) is 64.3 Å². The fourth-order valence-electron chi connectivity index (χ4n) is 3.19. The van der Waals surface area contributed by atoms with Crippen molar-refractivity contribution in [2.45, 2.75) is 32.2 Å². The van der Waals surface area contributed by atoms with Gasteiger partial charge < -0.3 is 15.8 Å². The van der Waals surface area contributed by atoms with Gasteiger partial charge in [-0.25, -0.2) is 0 Å². The molecule has 1 unspecified atom stereocenters. The molecule has 1 atom stereocenters. The van der Waals surface area contributed by atoms with E-state index in [-0.39, 0.29) is 11.9 Å². The van der Waals surface area contributed by atoms with Crippen molar-refractivity contribution in [2.75, 3.05) is 12.8 Å². The number of hydrogen-bond donors (Lipinski definition) is 2. The number of anilines is 1. The first-order valence-corrected chi connectivity index (χ1v) is 7.92. The number of carbonyl (C=O) groups is 1. The fraction of sp³-hybridized carbons (Fsp3) is 0.316. The van der Waals surface area contributed by atoms with Crippen LogP contribution in [0.1, 0.15) is 45.9 Å². The van der Waals surface area contributed by atoms with Gasteiger partial charge in [0.15, 0.2) is 0 Å². The zero-order chi connectivity index (χ0) is 16.4. The molecule has 23 heavy (non-hydrogen) atoms. The number of amides is 1. The highest BCUT2D eigenvalue weighted by molar-refractivity contribution is 5.95. The Kier molecular flexibility index (Phi) is 4.24. The number of nitrogens with one attached hydrogen (secondary N) is 1. The molecule has 0 fully saturated rings. The number of nitrogens with two attached hydrogens (primary N) is 1. The summed E-state index contributed by atoms with van der Waals surface area (Å²) in [6, 6.07) is 11.5. The molecule has 0 heterocycles. The number of carbonyl (C=O) groups excluding carboxylic acids is 1. The fourth-order valence-corrected chi connectivity index (χ4v) is 3.19. The molecule has 4 nitrogen and oxygen atoms in total. The lowest BCUT2D eigenvalue weighted by atomic mass is 9.87. The minimum Gasteiger partial charge on any atom is -0.496 e. The third kappa shape index (κ3) is 3.16. The monoisotopic (exact) mass is 310 g/mol. The minimum absolute atomic E-state index is 0.0409. The quantitative estimate of drug-likeness (QED) is 0.854. The number of aryl methyl sites for hydroxylation is 2. The van der Waals surface area contributed by atoms with E-state index in [9.17, 15) is 4.79 Å². The second-order valence-corrected chi connectivity index (χ2v) is 6.06. The molecule has 0 aliphatic heterocycles. The van der Waals surface area contributed by atoms with Crippen LogP contribution in [0, 0.1) is 6.92 Å². The second-order valence-electron chi connectivity index (χ2n) is 6.06. The highest BCUT2D eigenvalue weighted by Crippen LogP contribution is 2.31. The van der Waals surface area contributed by atoms with Crippen molar-refractivity contribution >= 4 is 11.6 Å². The molecule has 2 aromatic rings. The van der Waals surface area contributed by atoms with Crippen molar-refractivity contribution < 1.29 is 9.53 Å². The molecule has 0 radical (unpaired) electrons. The van der Waals surface area contributed by atoms with E-state index in [0.717, 1.165) is 36.3 Å². The van der Waals surface area contributed by atoms with E-state index in [1.807, 2.05) is 37.3 Å². The molecule has 1 amide bonds. The number of nitrogen functional groups attached to an aromatic ring is 1. The normalized spacial score (nSPS) is 16.5. The Labute approximate surface area is 136 Å². The van der Waals surface area contributed by atoms with E-state index in [0.29, 0.717) is 5.56 Å². The first kappa shape index (κ1) is 15.4. The molecule has 3 N–H and O–H groups in total. The summed E-state index contributed by atoms with van der Waals surface area (Å²) in [5.41, 5.74) is 10.7. The summed E-state index contributed by atoms with van der Waals surface area (Å²) < 4.78 is 5.30. The van der Waals surface area contributed by atoms with E-state index in [1.165, 1.54) is 11.1 Å². The lowest BCUT2D eigenvalue weighted by molar-refractivity contribution is 0.0932. The number of rotatable bonds is 3. The SMILES string of the molecule is COc1cc(C(=O)NC2CCCc3cc(N)ccc32)ccc1C. The maximum Gasteiger partial charge on any atom is 0.251 e. The Hall–Kier alpha value is -2.49. The summed E-state index contributed by atoms with van der Waals surface area (Å²) in [4.78, 5) is 12.6. The van der Waals surface area contributed by atoms with Crippen molar-refractivity contribution in [3.63, 3.8) is 0 Å². The molecule has 3 rings (SSSR count). The predicted molar refractivity (Wildman–Crippen MR) is 91.7 cm³/mol. The van der Waals surface area contributed by atoms with Crippen LogP contribution in [0.5, 0.6) is 5.75 Å². The number of benzene rings is 2. The number of ether oxygens (including phenoxy) is 1. The van der Waals surface area contributed by atoms with E-state index in [4.69, 9.17) is 10.5 Å². The molecular formula is C19H22N2O2. The van der Waals surface area contributed by atoms with Crippen molar-refractivity contribution in [2.24, 2.45) is 0 Å². The van der Waals surface area contributed by atoms with Crippen LogP contribution >= 0.6 is 0 Å². The van der Waals surface area contributed by atoms with Gasteiger partial charge in [0.1, 0.15) is 5.75 Å². The van der Waals surface area contributed by atoms with Gasteiger partial charge in [-0.15, -0.1) is 0 Å². The van der Waals surface area contributed by atoms with Crippen LogP contribution in [0.3, 0.4) is 0 Å². The van der Waals surface area contributed by atoms with Crippen molar-refractivity contribution in [1.29, 1.82) is 0 Å². The van der Waals surface area contributed by atoms with Crippen LogP contribution in [0.2, 0.25) is 0 Å². The summed E-state index contributed by atoms with van der Waals surface area (Å²) in [6.07, 6.45) is 3.02. The molecule has 0 saturated heterocycles. The van der Waals surface area contributed by atoms with Crippen LogP contribution in [0.25, 0.3) is 0 Å². The van der Waals surface area contributed by atoms with E-state index < -0.39 is 0 Å². The van der Waals surface area contributed by atoms with Gasteiger partial charge in [0.05, 0.1) is 13.2 Å². The van der Waals surface area contributed by atoms with Crippen molar-refractivity contribution in [3.8, 4) is 5.75 Å². The average Bonchev–Trinajstić information content (AvgIpc) is 2.55. The average molecular weight is 310 g/mol. The molecule has 0 bridgehead atoms. The largest absolute Gasteiger partial charge is 0.496 e. The maximum atomic E-state index is 12.6. The molecular weight excluding hydrogens is 288 g/mol. The minimum atomic E-state index is -0.0713. The summed E-state index contributed by atoms with van der Waals surface area (Å²) in [7, 11) is 1.62. The second kappa shape index (κ2) is 6.32.